The summed E-state index contributed by atoms with van der Waals surface area (Å²) in [4.78, 5) is 25.9. The lowest BCUT2D eigenvalue weighted by atomic mass is 10.2. The molecule has 0 saturated carbocycles. The minimum atomic E-state index is -3.49. The number of halogens is 1. The van der Waals surface area contributed by atoms with Crippen molar-refractivity contribution in [3.05, 3.63) is 28.8 Å². The largest absolute Gasteiger partial charge is 0.352 e. The first-order chi connectivity index (χ1) is 11.8. The van der Waals surface area contributed by atoms with Crippen molar-refractivity contribution in [1.82, 2.24) is 10.2 Å². The summed E-state index contributed by atoms with van der Waals surface area (Å²) in [5.74, 6) is -0.178. The number of nitrogens with one attached hydrogen (secondary N) is 1. The molecule has 1 heterocycles. The van der Waals surface area contributed by atoms with Crippen LogP contribution in [0.2, 0.25) is 5.02 Å². The molecular weight excluding hydrogens is 364 g/mol. The van der Waals surface area contributed by atoms with E-state index in [0.717, 1.165) is 32.1 Å². The molecule has 8 heteroatoms. The Hall–Kier alpha value is -1.60. The molecule has 2 rings (SSSR count). The fourth-order valence-electron chi connectivity index (χ4n) is 2.78. The molecule has 0 atom stereocenters. The van der Waals surface area contributed by atoms with Crippen molar-refractivity contribution in [2.45, 2.75) is 37.0 Å². The van der Waals surface area contributed by atoms with E-state index in [9.17, 15) is 18.0 Å². The predicted molar refractivity (Wildman–Crippen MR) is 96.6 cm³/mol. The monoisotopic (exact) mass is 386 g/mol. The van der Waals surface area contributed by atoms with Gasteiger partial charge >= 0.3 is 0 Å². The second-order valence-corrected chi connectivity index (χ2v) is 8.61. The smallest absolute Gasteiger partial charge is 0.251 e. The van der Waals surface area contributed by atoms with Gasteiger partial charge in [0, 0.05) is 37.9 Å². The number of rotatable bonds is 6. The first kappa shape index (κ1) is 19.7. The van der Waals surface area contributed by atoms with Crippen LogP contribution < -0.4 is 5.32 Å². The van der Waals surface area contributed by atoms with Crippen LogP contribution in [0.5, 0.6) is 0 Å². The summed E-state index contributed by atoms with van der Waals surface area (Å²) in [5, 5.41) is 2.85. The van der Waals surface area contributed by atoms with Crippen molar-refractivity contribution in [2.75, 3.05) is 25.9 Å². The maximum atomic E-state index is 12.2. The van der Waals surface area contributed by atoms with Gasteiger partial charge in [-0.05, 0) is 37.5 Å². The van der Waals surface area contributed by atoms with Crippen molar-refractivity contribution in [3.63, 3.8) is 0 Å². The molecule has 1 aromatic carbocycles. The number of sulfone groups is 1. The molecule has 138 valence electrons. The standard InChI is InChI=1S/C17H23ClN2O4S/c1-25(23,24)15-12-13(7-8-14(15)18)17(22)19-9-5-11-20-10-4-2-3-6-16(20)21/h7-8,12H,2-6,9-11H2,1H3,(H,19,22). The highest BCUT2D eigenvalue weighted by atomic mass is 35.5. The third kappa shape index (κ3) is 5.71. The van der Waals surface area contributed by atoms with E-state index >= 15 is 0 Å². The van der Waals surface area contributed by atoms with Gasteiger partial charge in [0.05, 0.1) is 9.92 Å². The lowest BCUT2D eigenvalue weighted by molar-refractivity contribution is -0.130. The molecule has 1 aromatic rings. The molecular formula is C17H23ClN2O4S. The van der Waals surface area contributed by atoms with Crippen LogP contribution in [-0.2, 0) is 14.6 Å². The third-order valence-corrected chi connectivity index (χ3v) is 5.73. The van der Waals surface area contributed by atoms with Crippen LogP contribution in [0.15, 0.2) is 23.1 Å². The second kappa shape index (κ2) is 8.67. The van der Waals surface area contributed by atoms with Gasteiger partial charge in [-0.25, -0.2) is 8.42 Å². The molecule has 2 amide bonds. The van der Waals surface area contributed by atoms with Crippen LogP contribution in [0, 0.1) is 0 Å². The Morgan fingerprint density at radius 3 is 2.76 bits per heavy atom. The minimum absolute atomic E-state index is 0.0584. The van der Waals surface area contributed by atoms with E-state index in [2.05, 4.69) is 5.32 Å². The first-order valence-electron chi connectivity index (χ1n) is 8.34. The highest BCUT2D eigenvalue weighted by molar-refractivity contribution is 7.90. The molecule has 0 radical (unpaired) electrons. The topological polar surface area (TPSA) is 83.6 Å². The zero-order valence-electron chi connectivity index (χ0n) is 14.3. The van der Waals surface area contributed by atoms with Gasteiger partial charge in [-0.3, -0.25) is 9.59 Å². The summed E-state index contributed by atoms with van der Waals surface area (Å²) in [6.07, 6.45) is 5.37. The van der Waals surface area contributed by atoms with E-state index < -0.39 is 9.84 Å². The molecule has 1 aliphatic rings. The SMILES string of the molecule is CS(=O)(=O)c1cc(C(=O)NCCCN2CCCCCC2=O)ccc1Cl. The number of hydrogen-bond donors (Lipinski definition) is 1. The molecule has 25 heavy (non-hydrogen) atoms. The van der Waals surface area contributed by atoms with E-state index in [4.69, 9.17) is 11.6 Å². The summed E-state index contributed by atoms with van der Waals surface area (Å²) >= 11 is 5.88. The number of likely N-dealkylation sites (tertiary alicyclic amines) is 1. The highest BCUT2D eigenvalue weighted by Gasteiger charge is 2.17. The molecule has 1 fully saturated rings. The Balaban J connectivity index is 1.87. The molecule has 6 nitrogen and oxygen atoms in total. The van der Waals surface area contributed by atoms with Gasteiger partial charge in [-0.15, -0.1) is 0 Å². The van der Waals surface area contributed by atoms with Crippen LogP contribution in [0.3, 0.4) is 0 Å². The van der Waals surface area contributed by atoms with Crippen molar-refractivity contribution < 1.29 is 18.0 Å². The predicted octanol–water partition coefficient (Wildman–Crippen LogP) is 2.27. The van der Waals surface area contributed by atoms with E-state index in [0.29, 0.717) is 25.9 Å². The molecule has 0 aliphatic carbocycles. The van der Waals surface area contributed by atoms with Gasteiger partial charge in [-0.1, -0.05) is 18.0 Å². The summed E-state index contributed by atoms with van der Waals surface area (Å²) in [6, 6.07) is 4.18. The van der Waals surface area contributed by atoms with Gasteiger partial charge in [0.1, 0.15) is 0 Å². The van der Waals surface area contributed by atoms with Crippen molar-refractivity contribution in [3.8, 4) is 0 Å². The number of carbonyl (C=O) groups excluding carboxylic acids is 2. The van der Waals surface area contributed by atoms with Gasteiger partial charge in [0.15, 0.2) is 9.84 Å². The molecule has 0 bridgehead atoms. The number of benzene rings is 1. The zero-order chi connectivity index (χ0) is 18.4. The Morgan fingerprint density at radius 2 is 2.04 bits per heavy atom. The van der Waals surface area contributed by atoms with Crippen molar-refractivity contribution in [1.29, 1.82) is 0 Å². The van der Waals surface area contributed by atoms with Gasteiger partial charge < -0.3 is 10.2 Å². The molecule has 1 N–H and O–H groups in total. The maximum absolute atomic E-state index is 12.2. The lowest BCUT2D eigenvalue weighted by Gasteiger charge is -2.20. The fourth-order valence-corrected chi connectivity index (χ4v) is 4.08. The summed E-state index contributed by atoms with van der Waals surface area (Å²) in [5.41, 5.74) is 0.246. The average Bonchev–Trinajstić information content (AvgIpc) is 2.75. The number of carbonyl (C=O) groups is 2. The van der Waals surface area contributed by atoms with Crippen LogP contribution in [0.1, 0.15) is 42.5 Å². The zero-order valence-corrected chi connectivity index (χ0v) is 15.8. The molecule has 1 saturated heterocycles. The van der Waals surface area contributed by atoms with Gasteiger partial charge in [0.25, 0.3) is 5.91 Å². The number of nitrogens with zero attached hydrogens (tertiary/aromatic N) is 1. The second-order valence-electron chi connectivity index (χ2n) is 6.22. The number of hydrogen-bond acceptors (Lipinski definition) is 4. The Bertz CT molecular complexity index is 749. The van der Waals surface area contributed by atoms with Gasteiger partial charge in [0.2, 0.25) is 5.91 Å². The first-order valence-corrected chi connectivity index (χ1v) is 10.6. The van der Waals surface area contributed by atoms with E-state index in [1.165, 1.54) is 18.2 Å². The summed E-state index contributed by atoms with van der Waals surface area (Å²) in [7, 11) is -3.49. The maximum Gasteiger partial charge on any atom is 0.251 e. The van der Waals surface area contributed by atoms with Crippen LogP contribution >= 0.6 is 11.6 Å². The Morgan fingerprint density at radius 1 is 1.28 bits per heavy atom. The summed E-state index contributed by atoms with van der Waals surface area (Å²) < 4.78 is 23.3. The Labute approximate surface area is 153 Å². The van der Waals surface area contributed by atoms with E-state index in [1.807, 2.05) is 4.90 Å². The molecule has 0 unspecified atom stereocenters. The summed E-state index contributed by atoms with van der Waals surface area (Å²) in [6.45, 7) is 1.81. The normalized spacial score (nSPS) is 15.8. The van der Waals surface area contributed by atoms with Crippen LogP contribution in [-0.4, -0.2) is 51.0 Å². The minimum Gasteiger partial charge on any atom is -0.352 e. The van der Waals surface area contributed by atoms with Crippen LogP contribution in [0.25, 0.3) is 0 Å². The fraction of sp³-hybridized carbons (Fsp3) is 0.529. The van der Waals surface area contributed by atoms with Crippen molar-refractivity contribution in [2.24, 2.45) is 0 Å². The van der Waals surface area contributed by atoms with E-state index in [1.54, 1.807) is 0 Å². The van der Waals surface area contributed by atoms with Gasteiger partial charge in [-0.2, -0.15) is 0 Å². The third-order valence-electron chi connectivity index (χ3n) is 4.15. The van der Waals surface area contributed by atoms with Crippen molar-refractivity contribution >= 4 is 33.3 Å². The van der Waals surface area contributed by atoms with E-state index in [-0.39, 0.29) is 27.3 Å². The lowest BCUT2D eigenvalue weighted by Crippen LogP contribution is -2.34. The molecule has 0 aromatic heterocycles. The van der Waals surface area contributed by atoms with Crippen LogP contribution in [0.4, 0.5) is 0 Å². The molecule has 0 spiro atoms. The molecule has 1 aliphatic heterocycles. The average molecular weight is 387 g/mol. The highest BCUT2D eigenvalue weighted by Crippen LogP contribution is 2.22. The quantitative estimate of drug-likeness (QED) is 0.760. The Kier molecular flexibility index (Phi) is 6.84. The number of amides is 2.